The molecule has 6 heteroatoms. The summed E-state index contributed by atoms with van der Waals surface area (Å²) in [6.45, 7) is 1.66. The van der Waals surface area contributed by atoms with Crippen molar-refractivity contribution in [3.05, 3.63) is 18.6 Å². The number of fused-ring (bicyclic) bond motifs is 1. The van der Waals surface area contributed by atoms with Crippen LogP contribution in [-0.4, -0.2) is 38.5 Å². The largest absolute Gasteiger partial charge is 0.356 e. The van der Waals surface area contributed by atoms with Crippen molar-refractivity contribution in [1.29, 1.82) is 0 Å². The number of aryl methyl sites for hydroxylation is 1. The summed E-state index contributed by atoms with van der Waals surface area (Å²) >= 11 is 1.47. The highest BCUT2D eigenvalue weighted by molar-refractivity contribution is 8.13. The fourth-order valence-corrected chi connectivity index (χ4v) is 4.26. The SMILES string of the molecule is CC(=O)SCC1CCC(N(C)c2ncnc3c2ccn3C)CC1. The van der Waals surface area contributed by atoms with Crippen LogP contribution in [0.15, 0.2) is 18.6 Å². The van der Waals surface area contributed by atoms with Crippen LogP contribution in [0.5, 0.6) is 0 Å². The van der Waals surface area contributed by atoms with E-state index in [0.29, 0.717) is 12.0 Å². The summed E-state index contributed by atoms with van der Waals surface area (Å²) in [4.78, 5) is 22.3. The van der Waals surface area contributed by atoms with E-state index < -0.39 is 0 Å². The first-order valence-corrected chi connectivity index (χ1v) is 9.17. The monoisotopic (exact) mass is 332 g/mol. The molecule has 0 aromatic carbocycles. The van der Waals surface area contributed by atoms with Crippen LogP contribution in [0.25, 0.3) is 11.0 Å². The lowest BCUT2D eigenvalue weighted by Gasteiger charge is -2.35. The van der Waals surface area contributed by atoms with Crippen LogP contribution in [0.1, 0.15) is 32.6 Å². The molecule has 2 aromatic heterocycles. The van der Waals surface area contributed by atoms with Crippen LogP contribution >= 0.6 is 11.8 Å². The van der Waals surface area contributed by atoms with Crippen molar-refractivity contribution < 1.29 is 4.79 Å². The van der Waals surface area contributed by atoms with Gasteiger partial charge in [-0.15, -0.1) is 0 Å². The highest BCUT2D eigenvalue weighted by Crippen LogP contribution is 2.33. The summed E-state index contributed by atoms with van der Waals surface area (Å²) in [5, 5.41) is 1.35. The van der Waals surface area contributed by atoms with E-state index in [4.69, 9.17) is 0 Å². The third-order valence-corrected chi connectivity index (χ3v) is 5.91. The average Bonchev–Trinajstić information content (AvgIpc) is 2.94. The van der Waals surface area contributed by atoms with Gasteiger partial charge < -0.3 is 9.47 Å². The molecule has 0 saturated heterocycles. The number of rotatable bonds is 4. The minimum Gasteiger partial charge on any atom is -0.356 e. The minimum atomic E-state index is 0.233. The zero-order chi connectivity index (χ0) is 16.4. The second-order valence-electron chi connectivity index (χ2n) is 6.45. The summed E-state index contributed by atoms with van der Waals surface area (Å²) in [7, 11) is 4.15. The zero-order valence-corrected chi connectivity index (χ0v) is 14.8. The highest BCUT2D eigenvalue weighted by atomic mass is 32.2. The molecule has 2 aromatic rings. The molecule has 0 aliphatic heterocycles. The Hall–Kier alpha value is -1.56. The van der Waals surface area contributed by atoms with Gasteiger partial charge in [-0.2, -0.15) is 0 Å². The molecule has 0 amide bonds. The predicted octanol–water partition coefficient (Wildman–Crippen LogP) is 3.24. The van der Waals surface area contributed by atoms with Crippen molar-refractivity contribution in [2.45, 2.75) is 38.6 Å². The first-order valence-electron chi connectivity index (χ1n) is 8.18. The van der Waals surface area contributed by atoms with E-state index in [1.165, 1.54) is 24.6 Å². The molecule has 1 saturated carbocycles. The average molecular weight is 332 g/mol. The summed E-state index contributed by atoms with van der Waals surface area (Å²) < 4.78 is 2.03. The normalized spacial score (nSPS) is 21.5. The number of aromatic nitrogens is 3. The summed E-state index contributed by atoms with van der Waals surface area (Å²) in [5.74, 6) is 2.68. The van der Waals surface area contributed by atoms with Gasteiger partial charge >= 0.3 is 0 Å². The number of carbonyl (C=O) groups excluding carboxylic acids is 1. The number of carbonyl (C=O) groups is 1. The molecule has 0 atom stereocenters. The molecule has 3 rings (SSSR count). The van der Waals surface area contributed by atoms with Gasteiger partial charge in [0.15, 0.2) is 5.12 Å². The van der Waals surface area contributed by atoms with Gasteiger partial charge in [-0.25, -0.2) is 9.97 Å². The van der Waals surface area contributed by atoms with Crippen LogP contribution in [0.2, 0.25) is 0 Å². The van der Waals surface area contributed by atoms with Crippen LogP contribution in [-0.2, 0) is 11.8 Å². The Morgan fingerprint density at radius 3 is 2.78 bits per heavy atom. The molecule has 124 valence electrons. The standard InChI is InChI=1S/C17H24N4OS/c1-12(22)23-10-13-4-6-14(7-5-13)21(3)17-15-8-9-20(2)16(15)18-11-19-17/h8-9,11,13-14H,4-7,10H2,1-3H3. The second-order valence-corrected chi connectivity index (χ2v) is 7.65. The molecule has 23 heavy (non-hydrogen) atoms. The fraction of sp³-hybridized carbons (Fsp3) is 0.588. The van der Waals surface area contributed by atoms with Gasteiger partial charge in [0, 0.05) is 39.0 Å². The Bertz CT molecular complexity index is 691. The van der Waals surface area contributed by atoms with Crippen LogP contribution in [0, 0.1) is 5.92 Å². The van der Waals surface area contributed by atoms with Crippen molar-refractivity contribution in [3.63, 3.8) is 0 Å². The molecule has 1 aliphatic rings. The first kappa shape index (κ1) is 16.3. The lowest BCUT2D eigenvalue weighted by molar-refractivity contribution is -0.109. The fourth-order valence-electron chi connectivity index (χ4n) is 3.45. The van der Waals surface area contributed by atoms with E-state index in [1.54, 1.807) is 13.3 Å². The van der Waals surface area contributed by atoms with E-state index in [-0.39, 0.29) is 5.12 Å². The summed E-state index contributed by atoms with van der Waals surface area (Å²) in [5.41, 5.74) is 0.980. The topological polar surface area (TPSA) is 51.0 Å². The Labute approximate surface area is 141 Å². The number of thioether (sulfide) groups is 1. The molecule has 0 spiro atoms. The van der Waals surface area contributed by atoms with E-state index in [0.717, 1.165) is 35.4 Å². The molecular weight excluding hydrogens is 308 g/mol. The number of nitrogens with zero attached hydrogens (tertiary/aromatic N) is 4. The van der Waals surface area contributed by atoms with Gasteiger partial charge in [-0.05, 0) is 37.7 Å². The van der Waals surface area contributed by atoms with Crippen molar-refractivity contribution >= 4 is 33.7 Å². The van der Waals surface area contributed by atoms with Crippen molar-refractivity contribution in [2.24, 2.45) is 13.0 Å². The molecule has 1 fully saturated rings. The van der Waals surface area contributed by atoms with Crippen molar-refractivity contribution in [1.82, 2.24) is 14.5 Å². The smallest absolute Gasteiger partial charge is 0.185 e. The maximum absolute atomic E-state index is 11.1. The summed E-state index contributed by atoms with van der Waals surface area (Å²) in [6, 6.07) is 2.61. The number of hydrogen-bond acceptors (Lipinski definition) is 5. The van der Waals surface area contributed by atoms with Crippen LogP contribution in [0.4, 0.5) is 5.82 Å². The Morgan fingerprint density at radius 1 is 1.35 bits per heavy atom. The van der Waals surface area contributed by atoms with E-state index >= 15 is 0 Å². The first-order chi connectivity index (χ1) is 11.1. The predicted molar refractivity (Wildman–Crippen MR) is 95.8 cm³/mol. The van der Waals surface area contributed by atoms with Gasteiger partial charge in [0.25, 0.3) is 0 Å². The lowest BCUT2D eigenvalue weighted by Crippen LogP contribution is -2.36. The van der Waals surface area contributed by atoms with Gasteiger partial charge in [-0.3, -0.25) is 4.79 Å². The highest BCUT2D eigenvalue weighted by Gasteiger charge is 2.26. The van der Waals surface area contributed by atoms with Gasteiger partial charge in [-0.1, -0.05) is 11.8 Å². The Balaban J connectivity index is 1.67. The molecule has 0 N–H and O–H groups in total. The van der Waals surface area contributed by atoms with Gasteiger partial charge in [0.1, 0.15) is 17.8 Å². The van der Waals surface area contributed by atoms with Gasteiger partial charge in [0.05, 0.1) is 5.39 Å². The van der Waals surface area contributed by atoms with E-state index in [2.05, 4.69) is 28.0 Å². The Morgan fingerprint density at radius 2 is 2.09 bits per heavy atom. The third-order valence-electron chi connectivity index (χ3n) is 4.86. The molecule has 2 heterocycles. The Kier molecular flexibility index (Phi) is 4.90. The zero-order valence-electron chi connectivity index (χ0n) is 14.0. The summed E-state index contributed by atoms with van der Waals surface area (Å²) in [6.07, 6.45) is 8.41. The second kappa shape index (κ2) is 6.91. The number of hydrogen-bond donors (Lipinski definition) is 0. The third kappa shape index (κ3) is 3.52. The van der Waals surface area contributed by atoms with Crippen LogP contribution in [0.3, 0.4) is 0 Å². The molecule has 0 radical (unpaired) electrons. The van der Waals surface area contributed by atoms with Crippen molar-refractivity contribution in [2.75, 3.05) is 17.7 Å². The van der Waals surface area contributed by atoms with E-state index in [1.807, 2.05) is 17.8 Å². The van der Waals surface area contributed by atoms with Crippen LogP contribution < -0.4 is 4.90 Å². The van der Waals surface area contributed by atoms with Gasteiger partial charge in [0.2, 0.25) is 0 Å². The lowest BCUT2D eigenvalue weighted by atomic mass is 9.86. The minimum absolute atomic E-state index is 0.233. The molecule has 0 unspecified atom stereocenters. The molecule has 1 aliphatic carbocycles. The van der Waals surface area contributed by atoms with Crippen molar-refractivity contribution in [3.8, 4) is 0 Å². The molecular formula is C17H24N4OS. The van der Waals surface area contributed by atoms with E-state index in [9.17, 15) is 4.79 Å². The molecule has 0 bridgehead atoms. The number of anilines is 1. The maximum atomic E-state index is 11.1. The molecule has 5 nitrogen and oxygen atoms in total. The quantitative estimate of drug-likeness (QED) is 0.860. The maximum Gasteiger partial charge on any atom is 0.185 e.